The van der Waals surface area contributed by atoms with E-state index in [-0.39, 0.29) is 24.9 Å². The third-order valence-electron chi connectivity index (χ3n) is 2.55. The number of carbonyl (C=O) groups is 2. The van der Waals surface area contributed by atoms with E-state index in [1.807, 2.05) is 13.8 Å². The van der Waals surface area contributed by atoms with Gasteiger partial charge in [0.1, 0.15) is 0 Å². The second-order valence-electron chi connectivity index (χ2n) is 5.13. The van der Waals surface area contributed by atoms with E-state index in [0.29, 0.717) is 17.3 Å². The maximum Gasteiger partial charge on any atom is 0.317 e. The first-order valence-electron chi connectivity index (χ1n) is 6.47. The number of benzene rings is 1. The number of rotatable bonds is 7. The van der Waals surface area contributed by atoms with Gasteiger partial charge in [0.25, 0.3) is 0 Å². The van der Waals surface area contributed by atoms with Gasteiger partial charge in [-0.2, -0.15) is 0 Å². The second-order valence-corrected chi connectivity index (χ2v) is 6.45. The molecule has 21 heavy (non-hydrogen) atoms. The molecule has 0 atom stereocenters. The fourth-order valence-corrected chi connectivity index (χ4v) is 2.60. The number of nitrogens with one attached hydrogen (secondary N) is 1. The highest BCUT2D eigenvalue weighted by molar-refractivity contribution is 9.10. The van der Waals surface area contributed by atoms with Crippen molar-refractivity contribution in [3.63, 3.8) is 0 Å². The molecule has 1 aromatic carbocycles. The Balaban J connectivity index is 2.66. The predicted octanol–water partition coefficient (Wildman–Crippen LogP) is 3.08. The molecule has 0 saturated carbocycles. The summed E-state index contributed by atoms with van der Waals surface area (Å²) < 4.78 is 0.817. The number of hydrogen-bond donors (Lipinski definition) is 2. The van der Waals surface area contributed by atoms with Gasteiger partial charge < -0.3 is 10.4 Å². The smallest absolute Gasteiger partial charge is 0.317 e. The average Bonchev–Trinajstić information content (AvgIpc) is 2.30. The van der Waals surface area contributed by atoms with Crippen LogP contribution in [-0.4, -0.2) is 41.5 Å². The fourth-order valence-electron chi connectivity index (χ4n) is 1.88. The molecule has 1 rings (SSSR count). The first-order valence-corrected chi connectivity index (χ1v) is 7.64. The molecular weight excluding hydrogens is 360 g/mol. The van der Waals surface area contributed by atoms with E-state index in [9.17, 15) is 9.59 Å². The molecule has 5 nitrogen and oxygen atoms in total. The van der Waals surface area contributed by atoms with E-state index in [1.165, 1.54) is 0 Å². The van der Waals surface area contributed by atoms with Crippen molar-refractivity contribution in [2.45, 2.75) is 13.8 Å². The van der Waals surface area contributed by atoms with Gasteiger partial charge in [-0.1, -0.05) is 41.4 Å². The zero-order valence-electron chi connectivity index (χ0n) is 11.9. The van der Waals surface area contributed by atoms with Crippen molar-refractivity contribution in [2.75, 3.05) is 25.0 Å². The number of aliphatic carboxylic acids is 1. The molecule has 0 spiro atoms. The molecule has 0 bridgehead atoms. The number of halogens is 2. The monoisotopic (exact) mass is 376 g/mol. The van der Waals surface area contributed by atoms with Gasteiger partial charge in [0, 0.05) is 11.0 Å². The molecule has 1 amide bonds. The maximum absolute atomic E-state index is 12.0. The van der Waals surface area contributed by atoms with Crippen molar-refractivity contribution in [3.8, 4) is 0 Å². The molecule has 1 aromatic rings. The molecule has 0 aliphatic carbocycles. The summed E-state index contributed by atoms with van der Waals surface area (Å²) >= 11 is 9.31. The summed E-state index contributed by atoms with van der Waals surface area (Å²) in [7, 11) is 0. The zero-order chi connectivity index (χ0) is 16.0. The van der Waals surface area contributed by atoms with Crippen LogP contribution in [0.25, 0.3) is 0 Å². The number of anilines is 1. The van der Waals surface area contributed by atoms with Crippen LogP contribution in [0.2, 0.25) is 5.02 Å². The van der Waals surface area contributed by atoms with Gasteiger partial charge in [0.05, 0.1) is 23.8 Å². The van der Waals surface area contributed by atoms with Crippen LogP contribution >= 0.6 is 27.5 Å². The predicted molar refractivity (Wildman–Crippen MR) is 86.7 cm³/mol. The van der Waals surface area contributed by atoms with Crippen molar-refractivity contribution in [2.24, 2.45) is 5.92 Å². The number of nitrogens with zero attached hydrogens (tertiary/aromatic N) is 1. The van der Waals surface area contributed by atoms with Crippen LogP contribution in [0, 0.1) is 5.92 Å². The van der Waals surface area contributed by atoms with Crippen molar-refractivity contribution < 1.29 is 14.7 Å². The van der Waals surface area contributed by atoms with E-state index < -0.39 is 5.97 Å². The lowest BCUT2D eigenvalue weighted by molar-refractivity contribution is -0.138. The van der Waals surface area contributed by atoms with Crippen LogP contribution in [0.3, 0.4) is 0 Å². The summed E-state index contributed by atoms with van der Waals surface area (Å²) in [4.78, 5) is 24.4. The molecule has 0 saturated heterocycles. The van der Waals surface area contributed by atoms with Crippen LogP contribution in [0.1, 0.15) is 13.8 Å². The lowest BCUT2D eigenvalue weighted by Gasteiger charge is -2.21. The molecule has 0 unspecified atom stereocenters. The van der Waals surface area contributed by atoms with Gasteiger partial charge in [-0.15, -0.1) is 0 Å². The highest BCUT2D eigenvalue weighted by Gasteiger charge is 2.16. The van der Waals surface area contributed by atoms with Crippen LogP contribution in [0.5, 0.6) is 0 Å². The summed E-state index contributed by atoms with van der Waals surface area (Å²) in [6, 6.07) is 5.14. The topological polar surface area (TPSA) is 69.6 Å². The Kier molecular flexibility index (Phi) is 7.14. The minimum absolute atomic E-state index is 0.0108. The normalized spacial score (nSPS) is 11.0. The van der Waals surface area contributed by atoms with Crippen LogP contribution in [0.15, 0.2) is 22.7 Å². The maximum atomic E-state index is 12.0. The molecular formula is C14H18BrClN2O3. The lowest BCUT2D eigenvalue weighted by Crippen LogP contribution is -2.39. The lowest BCUT2D eigenvalue weighted by atomic mass is 10.2. The van der Waals surface area contributed by atoms with E-state index in [4.69, 9.17) is 16.7 Å². The summed E-state index contributed by atoms with van der Waals surface area (Å²) in [5.41, 5.74) is 0.504. The van der Waals surface area contributed by atoms with Gasteiger partial charge in [-0.05, 0) is 24.1 Å². The SMILES string of the molecule is CC(C)CN(CC(=O)O)CC(=O)Nc1ccc(Br)cc1Cl. The Labute approximate surface area is 137 Å². The second kappa shape index (κ2) is 8.36. The number of carbonyl (C=O) groups excluding carboxylic acids is 1. The Morgan fingerprint density at radius 2 is 2.05 bits per heavy atom. The molecule has 0 heterocycles. The third kappa shape index (κ3) is 6.93. The fraction of sp³-hybridized carbons (Fsp3) is 0.429. The van der Waals surface area contributed by atoms with Crippen molar-refractivity contribution in [1.82, 2.24) is 4.90 Å². The molecule has 0 radical (unpaired) electrons. The summed E-state index contributed by atoms with van der Waals surface area (Å²) in [6.45, 7) is 4.32. The van der Waals surface area contributed by atoms with Crippen molar-refractivity contribution in [1.29, 1.82) is 0 Å². The highest BCUT2D eigenvalue weighted by Crippen LogP contribution is 2.25. The van der Waals surface area contributed by atoms with Gasteiger partial charge in [0.15, 0.2) is 0 Å². The Hall–Kier alpha value is -1.11. The first kappa shape index (κ1) is 17.9. The minimum Gasteiger partial charge on any atom is -0.480 e. The standard InChI is InChI=1S/C14H18BrClN2O3/c1-9(2)6-18(8-14(20)21)7-13(19)17-12-4-3-10(15)5-11(12)16/h3-5,9H,6-8H2,1-2H3,(H,17,19)(H,20,21). The number of carboxylic acid groups (broad SMARTS) is 1. The van der Waals surface area contributed by atoms with E-state index in [2.05, 4.69) is 21.2 Å². The van der Waals surface area contributed by atoms with Crippen LogP contribution in [0.4, 0.5) is 5.69 Å². The van der Waals surface area contributed by atoms with E-state index >= 15 is 0 Å². The Morgan fingerprint density at radius 3 is 2.57 bits per heavy atom. The highest BCUT2D eigenvalue weighted by atomic mass is 79.9. The number of amides is 1. The molecule has 0 aliphatic heterocycles. The molecule has 2 N–H and O–H groups in total. The molecule has 116 valence electrons. The van der Waals surface area contributed by atoms with Crippen molar-refractivity contribution in [3.05, 3.63) is 27.7 Å². The summed E-state index contributed by atoms with van der Waals surface area (Å²) in [5, 5.41) is 12.0. The van der Waals surface area contributed by atoms with Gasteiger partial charge in [-0.3, -0.25) is 14.5 Å². The Morgan fingerprint density at radius 1 is 1.38 bits per heavy atom. The van der Waals surface area contributed by atoms with Gasteiger partial charge >= 0.3 is 5.97 Å². The van der Waals surface area contributed by atoms with Gasteiger partial charge in [-0.25, -0.2) is 0 Å². The molecule has 0 fully saturated rings. The van der Waals surface area contributed by atoms with Gasteiger partial charge in [0.2, 0.25) is 5.91 Å². The summed E-state index contributed by atoms with van der Waals surface area (Å²) in [6.07, 6.45) is 0. The molecule has 0 aromatic heterocycles. The average molecular weight is 378 g/mol. The van der Waals surface area contributed by atoms with E-state index in [0.717, 1.165) is 4.47 Å². The molecule has 0 aliphatic rings. The van der Waals surface area contributed by atoms with Crippen LogP contribution < -0.4 is 5.32 Å². The first-order chi connectivity index (χ1) is 9.77. The summed E-state index contributed by atoms with van der Waals surface area (Å²) in [5.74, 6) is -0.973. The number of carboxylic acids is 1. The number of hydrogen-bond acceptors (Lipinski definition) is 3. The van der Waals surface area contributed by atoms with Crippen LogP contribution in [-0.2, 0) is 9.59 Å². The third-order valence-corrected chi connectivity index (χ3v) is 3.36. The largest absolute Gasteiger partial charge is 0.480 e. The Bertz CT molecular complexity index is 523. The molecule has 7 heteroatoms. The zero-order valence-corrected chi connectivity index (χ0v) is 14.2. The van der Waals surface area contributed by atoms with Crippen molar-refractivity contribution >= 4 is 45.1 Å². The quantitative estimate of drug-likeness (QED) is 0.766. The minimum atomic E-state index is -0.954. The van der Waals surface area contributed by atoms with E-state index in [1.54, 1.807) is 23.1 Å².